The second-order valence-corrected chi connectivity index (χ2v) is 13.8. The predicted molar refractivity (Wildman–Crippen MR) is 189 cm³/mol. The van der Waals surface area contributed by atoms with Gasteiger partial charge in [-0.2, -0.15) is 28.1 Å². The Morgan fingerprint density at radius 3 is 2.21 bits per heavy atom. The number of nitrogens with zero attached hydrogens (tertiary/aromatic N) is 3. The number of rotatable bonds is 17. The molecule has 1 aromatic heterocycles. The molecule has 0 spiro atoms. The fourth-order valence-corrected chi connectivity index (χ4v) is 6.26. The minimum absolute atomic E-state index is 0.0294. The SMILES string of the molecule is O=C(CCC1CCCCCC1)C(=O)NCC[C@H](NC(=O)c1ccc(Nc2nc(NC3(c4ccc(Cl)cc4)CC3)nc(OCC(F)(F)F)n2)cc1)C(=O)O. The molecule has 0 saturated heterocycles. The molecule has 0 bridgehead atoms. The number of benzene rings is 2. The van der Waals surface area contributed by atoms with E-state index in [1.165, 1.54) is 37.1 Å². The zero-order valence-electron chi connectivity index (χ0n) is 28.8. The molecule has 17 heteroatoms. The van der Waals surface area contributed by atoms with Gasteiger partial charge in [0.1, 0.15) is 6.04 Å². The summed E-state index contributed by atoms with van der Waals surface area (Å²) in [5.74, 6) is -3.08. The highest BCUT2D eigenvalue weighted by atomic mass is 35.5. The van der Waals surface area contributed by atoms with Crippen molar-refractivity contribution >= 4 is 52.8 Å². The Morgan fingerprint density at radius 2 is 1.58 bits per heavy atom. The number of hydrogen-bond donors (Lipinski definition) is 5. The largest absolute Gasteiger partial charge is 0.480 e. The molecule has 2 saturated carbocycles. The van der Waals surface area contributed by atoms with Crippen LogP contribution in [0.1, 0.15) is 86.6 Å². The number of carbonyl (C=O) groups excluding carboxylic acids is 3. The normalized spacial score (nSPS) is 16.1. The van der Waals surface area contributed by atoms with Crippen LogP contribution in [-0.4, -0.2) is 69.0 Å². The molecular weight excluding hydrogens is 719 g/mol. The van der Waals surface area contributed by atoms with E-state index in [9.17, 15) is 37.5 Å². The molecule has 1 atom stereocenters. The van der Waals surface area contributed by atoms with Crippen LogP contribution in [0.15, 0.2) is 48.5 Å². The zero-order chi connectivity index (χ0) is 38.0. The molecule has 53 heavy (non-hydrogen) atoms. The van der Waals surface area contributed by atoms with E-state index in [1.54, 1.807) is 12.1 Å². The van der Waals surface area contributed by atoms with E-state index >= 15 is 0 Å². The van der Waals surface area contributed by atoms with Crippen LogP contribution in [0, 0.1) is 5.92 Å². The van der Waals surface area contributed by atoms with Crippen LogP contribution in [0.5, 0.6) is 6.01 Å². The number of hydrogen-bond acceptors (Lipinski definition) is 10. The van der Waals surface area contributed by atoms with Crippen LogP contribution in [-0.2, 0) is 19.9 Å². The number of halogens is 4. The Hall–Kier alpha value is -4.99. The average Bonchev–Trinajstić information content (AvgIpc) is 3.94. The van der Waals surface area contributed by atoms with Gasteiger partial charge in [0.05, 0.1) is 5.54 Å². The lowest BCUT2D eigenvalue weighted by Crippen LogP contribution is -2.43. The first-order chi connectivity index (χ1) is 25.3. The fraction of sp³-hybridized carbons (Fsp3) is 0.472. The molecule has 2 fully saturated rings. The number of amides is 2. The summed E-state index contributed by atoms with van der Waals surface area (Å²) in [4.78, 5) is 61.7. The van der Waals surface area contributed by atoms with Crippen LogP contribution in [0.3, 0.4) is 0 Å². The standard InChI is InChI=1S/C36H41ClF3N7O6/c37-25-12-10-24(11-13-25)35(18-19-35)47-33-44-32(45-34(46-33)53-21-36(38,39)40)42-26-14-8-23(9-15-26)29(49)43-27(31(51)52)17-20-41-30(50)28(48)16-7-22-5-3-1-2-4-6-22/h8-15,22,27H,1-7,16-21H2,(H,41,50)(H,43,49)(H,51,52)(H2,42,44,45,46,47)/t27-/m0/s1. The third kappa shape index (κ3) is 12.0. The van der Waals surface area contributed by atoms with Crippen LogP contribution < -0.4 is 26.0 Å². The predicted octanol–water partition coefficient (Wildman–Crippen LogP) is 6.32. The van der Waals surface area contributed by atoms with Crippen molar-refractivity contribution in [3.05, 3.63) is 64.7 Å². The number of aliphatic carboxylic acids is 1. The highest BCUT2D eigenvalue weighted by Crippen LogP contribution is 2.48. The zero-order valence-corrected chi connectivity index (χ0v) is 29.6. The molecule has 13 nitrogen and oxygen atoms in total. The molecule has 2 aromatic carbocycles. The number of carbonyl (C=O) groups is 4. The summed E-state index contributed by atoms with van der Waals surface area (Å²) in [6.07, 6.45) is 4.21. The van der Waals surface area contributed by atoms with Gasteiger partial charge < -0.3 is 31.1 Å². The highest BCUT2D eigenvalue weighted by molar-refractivity contribution is 6.36. The molecule has 2 aliphatic rings. The number of ether oxygens (including phenoxy) is 1. The van der Waals surface area contributed by atoms with Crippen molar-refractivity contribution in [2.24, 2.45) is 5.92 Å². The molecule has 5 N–H and O–H groups in total. The number of aromatic nitrogens is 3. The number of anilines is 3. The lowest BCUT2D eigenvalue weighted by atomic mass is 9.94. The van der Waals surface area contributed by atoms with E-state index in [4.69, 9.17) is 16.3 Å². The molecule has 2 aliphatic carbocycles. The molecule has 5 rings (SSSR count). The van der Waals surface area contributed by atoms with E-state index in [-0.39, 0.29) is 36.8 Å². The van der Waals surface area contributed by atoms with Gasteiger partial charge in [-0.1, -0.05) is 62.3 Å². The lowest BCUT2D eigenvalue weighted by Gasteiger charge is -2.19. The third-order valence-electron chi connectivity index (χ3n) is 9.21. The van der Waals surface area contributed by atoms with Gasteiger partial charge in [0, 0.05) is 29.2 Å². The van der Waals surface area contributed by atoms with Crippen molar-refractivity contribution in [1.82, 2.24) is 25.6 Å². The number of alkyl halides is 3. The first-order valence-electron chi connectivity index (χ1n) is 17.5. The summed E-state index contributed by atoms with van der Waals surface area (Å²) >= 11 is 6.02. The average molecular weight is 760 g/mol. The Morgan fingerprint density at radius 1 is 0.925 bits per heavy atom. The summed E-state index contributed by atoms with van der Waals surface area (Å²) in [6, 6.07) is 10.9. The van der Waals surface area contributed by atoms with Crippen molar-refractivity contribution in [3.8, 4) is 6.01 Å². The molecule has 0 aliphatic heterocycles. The topological polar surface area (TPSA) is 185 Å². The van der Waals surface area contributed by atoms with Crippen molar-refractivity contribution in [2.75, 3.05) is 23.8 Å². The lowest BCUT2D eigenvalue weighted by molar-refractivity contribution is -0.154. The second-order valence-electron chi connectivity index (χ2n) is 13.3. The van der Waals surface area contributed by atoms with Gasteiger partial charge in [-0.05, 0) is 73.6 Å². The minimum atomic E-state index is -4.63. The molecular formula is C36H41ClF3N7O6. The van der Waals surface area contributed by atoms with E-state index < -0.39 is 53.9 Å². The molecule has 0 radical (unpaired) electrons. The first kappa shape index (κ1) is 39.2. The van der Waals surface area contributed by atoms with Gasteiger partial charge in [0.2, 0.25) is 17.7 Å². The van der Waals surface area contributed by atoms with Crippen molar-refractivity contribution < 1.29 is 42.2 Å². The molecule has 1 heterocycles. The third-order valence-corrected chi connectivity index (χ3v) is 9.46. The Labute approximate surface area is 308 Å². The molecule has 3 aromatic rings. The van der Waals surface area contributed by atoms with E-state index in [1.807, 2.05) is 12.1 Å². The Balaban J connectivity index is 1.16. The van der Waals surface area contributed by atoms with Crippen molar-refractivity contribution in [2.45, 2.75) is 88.4 Å². The maximum Gasteiger partial charge on any atom is 0.422 e. The van der Waals surface area contributed by atoms with Crippen LogP contribution in [0.25, 0.3) is 0 Å². The molecule has 0 unspecified atom stereocenters. The van der Waals surface area contributed by atoms with Gasteiger partial charge in [-0.15, -0.1) is 0 Å². The summed E-state index contributed by atoms with van der Waals surface area (Å²) in [5, 5.41) is 21.1. The summed E-state index contributed by atoms with van der Waals surface area (Å²) < 4.78 is 43.6. The maximum atomic E-state index is 12.9. The van der Waals surface area contributed by atoms with Crippen molar-refractivity contribution in [1.29, 1.82) is 0 Å². The van der Waals surface area contributed by atoms with E-state index in [2.05, 4.69) is 36.2 Å². The van der Waals surface area contributed by atoms with Crippen LogP contribution in [0.2, 0.25) is 5.02 Å². The Kier molecular flexibility index (Phi) is 13.1. The summed E-state index contributed by atoms with van der Waals surface area (Å²) in [5.41, 5.74) is 0.791. The summed E-state index contributed by atoms with van der Waals surface area (Å²) in [7, 11) is 0. The van der Waals surface area contributed by atoms with E-state index in [0.717, 1.165) is 31.2 Å². The first-order valence-corrected chi connectivity index (χ1v) is 17.9. The fourth-order valence-electron chi connectivity index (χ4n) is 6.14. The highest BCUT2D eigenvalue weighted by Gasteiger charge is 2.45. The number of Topliss-reactive ketones (excluding diaryl/α,β-unsaturated/α-hetero) is 1. The number of carboxylic acid groups (broad SMARTS) is 1. The smallest absolute Gasteiger partial charge is 0.422 e. The van der Waals surface area contributed by atoms with E-state index in [0.29, 0.717) is 35.9 Å². The number of carboxylic acids is 1. The van der Waals surface area contributed by atoms with Crippen molar-refractivity contribution in [3.63, 3.8) is 0 Å². The second kappa shape index (κ2) is 17.7. The van der Waals surface area contributed by atoms with Crippen LogP contribution >= 0.6 is 11.6 Å². The van der Waals surface area contributed by atoms with Gasteiger partial charge >= 0.3 is 18.2 Å². The van der Waals surface area contributed by atoms with Gasteiger partial charge in [-0.3, -0.25) is 14.4 Å². The molecule has 284 valence electrons. The van der Waals surface area contributed by atoms with Crippen LogP contribution in [0.4, 0.5) is 30.8 Å². The molecule has 2 amide bonds. The van der Waals surface area contributed by atoms with Gasteiger partial charge in [0.15, 0.2) is 6.61 Å². The monoisotopic (exact) mass is 759 g/mol. The number of ketones is 1. The quantitative estimate of drug-likeness (QED) is 0.0767. The maximum absolute atomic E-state index is 12.9. The minimum Gasteiger partial charge on any atom is -0.480 e. The number of nitrogens with one attached hydrogen (secondary N) is 4. The Bertz CT molecular complexity index is 1750. The van der Waals surface area contributed by atoms with Gasteiger partial charge in [0.25, 0.3) is 11.8 Å². The summed E-state index contributed by atoms with van der Waals surface area (Å²) in [6.45, 7) is -1.75. The van der Waals surface area contributed by atoms with Gasteiger partial charge in [-0.25, -0.2) is 4.79 Å².